The highest BCUT2D eigenvalue weighted by molar-refractivity contribution is 5.47. The molecule has 1 aliphatic carbocycles. The van der Waals surface area contributed by atoms with Crippen molar-refractivity contribution in [2.45, 2.75) is 25.3 Å². The number of hydrogen-bond donors (Lipinski definition) is 1. The molecular formula is C11H12F2N2. The van der Waals surface area contributed by atoms with Crippen LogP contribution in [0, 0.1) is 23.5 Å². The first-order chi connectivity index (χ1) is 7.27. The van der Waals surface area contributed by atoms with Crippen molar-refractivity contribution in [3.05, 3.63) is 29.8 Å². The Morgan fingerprint density at radius 2 is 1.73 bits per heavy atom. The van der Waals surface area contributed by atoms with Crippen molar-refractivity contribution in [3.63, 3.8) is 0 Å². The van der Waals surface area contributed by atoms with Crippen LogP contribution in [0.4, 0.5) is 14.5 Å². The van der Waals surface area contributed by atoms with Crippen LogP contribution in [-0.4, -0.2) is 6.04 Å². The number of nitriles is 1. The molecule has 0 unspecified atom stereocenters. The van der Waals surface area contributed by atoms with E-state index in [-0.39, 0.29) is 11.7 Å². The SMILES string of the molecule is C#N.Fc1cccc(F)c1NC1CCC1. The van der Waals surface area contributed by atoms with Crippen LogP contribution in [0.1, 0.15) is 19.3 Å². The summed E-state index contributed by atoms with van der Waals surface area (Å²) in [6.45, 7) is 3.50. The summed E-state index contributed by atoms with van der Waals surface area (Å²) in [6.07, 6.45) is 3.16. The van der Waals surface area contributed by atoms with Crippen LogP contribution < -0.4 is 5.32 Å². The van der Waals surface area contributed by atoms with Gasteiger partial charge in [-0.2, -0.15) is 0 Å². The lowest BCUT2D eigenvalue weighted by Crippen LogP contribution is -2.27. The molecule has 0 aliphatic heterocycles. The van der Waals surface area contributed by atoms with E-state index in [2.05, 4.69) is 11.9 Å². The molecule has 80 valence electrons. The van der Waals surface area contributed by atoms with Gasteiger partial charge >= 0.3 is 0 Å². The fraction of sp³-hybridized carbons (Fsp3) is 0.364. The maximum atomic E-state index is 13.1. The number of anilines is 1. The number of nitrogens with one attached hydrogen (secondary N) is 1. The molecule has 1 fully saturated rings. The number of para-hydroxylation sites is 1. The molecule has 0 bridgehead atoms. The monoisotopic (exact) mass is 210 g/mol. The van der Waals surface area contributed by atoms with Gasteiger partial charge in [-0.15, -0.1) is 0 Å². The summed E-state index contributed by atoms with van der Waals surface area (Å²) < 4.78 is 26.1. The standard InChI is InChI=1S/C10H11F2N.CHN/c11-8-5-2-6-9(12)10(8)13-7-3-1-4-7;1-2/h2,5-7,13H,1,3-4H2;1H. The van der Waals surface area contributed by atoms with Gasteiger partial charge in [0, 0.05) is 12.6 Å². The highest BCUT2D eigenvalue weighted by Gasteiger charge is 2.19. The molecule has 0 radical (unpaired) electrons. The molecule has 0 amide bonds. The van der Waals surface area contributed by atoms with Crippen molar-refractivity contribution in [1.82, 2.24) is 0 Å². The molecule has 0 atom stereocenters. The molecule has 1 N–H and O–H groups in total. The van der Waals surface area contributed by atoms with Crippen molar-refractivity contribution >= 4 is 5.69 Å². The van der Waals surface area contributed by atoms with Crippen LogP contribution in [0.3, 0.4) is 0 Å². The average Bonchev–Trinajstić information content (AvgIpc) is 2.18. The van der Waals surface area contributed by atoms with E-state index in [0.29, 0.717) is 0 Å². The zero-order chi connectivity index (χ0) is 11.3. The molecule has 0 aromatic heterocycles. The molecule has 2 rings (SSSR count). The summed E-state index contributed by atoms with van der Waals surface area (Å²) in [4.78, 5) is 0. The minimum atomic E-state index is -0.507. The van der Waals surface area contributed by atoms with Gasteiger partial charge < -0.3 is 5.32 Å². The molecule has 1 aliphatic rings. The molecular weight excluding hydrogens is 198 g/mol. The first kappa shape index (κ1) is 11.4. The molecule has 1 aromatic rings. The van der Waals surface area contributed by atoms with E-state index >= 15 is 0 Å². The van der Waals surface area contributed by atoms with Gasteiger partial charge in [0.1, 0.15) is 17.3 Å². The second-order valence-corrected chi connectivity index (χ2v) is 3.37. The minimum absolute atomic E-state index is 0.0206. The Kier molecular flexibility index (Phi) is 4.04. The Hall–Kier alpha value is -1.63. The van der Waals surface area contributed by atoms with E-state index in [0.717, 1.165) is 19.3 Å². The fourth-order valence-electron chi connectivity index (χ4n) is 1.39. The molecule has 2 nitrogen and oxygen atoms in total. The third-order valence-electron chi connectivity index (χ3n) is 2.42. The van der Waals surface area contributed by atoms with E-state index in [1.165, 1.54) is 18.2 Å². The summed E-state index contributed by atoms with van der Waals surface area (Å²) in [5.74, 6) is -1.01. The maximum Gasteiger partial charge on any atom is 0.149 e. The first-order valence-corrected chi connectivity index (χ1v) is 4.74. The zero-order valence-corrected chi connectivity index (χ0v) is 8.21. The van der Waals surface area contributed by atoms with E-state index < -0.39 is 11.6 Å². The number of benzene rings is 1. The van der Waals surface area contributed by atoms with Crippen molar-refractivity contribution in [3.8, 4) is 6.57 Å². The van der Waals surface area contributed by atoms with Crippen LogP contribution in [0.25, 0.3) is 0 Å². The third-order valence-corrected chi connectivity index (χ3v) is 2.42. The Labute approximate surface area is 87.5 Å². The maximum absolute atomic E-state index is 13.1. The lowest BCUT2D eigenvalue weighted by molar-refractivity contribution is 0.440. The fourth-order valence-corrected chi connectivity index (χ4v) is 1.39. The average molecular weight is 210 g/mol. The molecule has 0 saturated heterocycles. The van der Waals surface area contributed by atoms with Gasteiger partial charge in [0.15, 0.2) is 0 Å². The minimum Gasteiger partial charge on any atom is -0.378 e. The molecule has 15 heavy (non-hydrogen) atoms. The van der Waals surface area contributed by atoms with Crippen LogP contribution in [0.15, 0.2) is 18.2 Å². The quantitative estimate of drug-likeness (QED) is 0.814. The lowest BCUT2D eigenvalue weighted by atomic mass is 9.93. The van der Waals surface area contributed by atoms with E-state index in [9.17, 15) is 8.78 Å². The van der Waals surface area contributed by atoms with Crippen molar-refractivity contribution in [2.24, 2.45) is 0 Å². The van der Waals surface area contributed by atoms with E-state index in [4.69, 9.17) is 5.26 Å². The van der Waals surface area contributed by atoms with E-state index in [1.54, 1.807) is 0 Å². The molecule has 0 spiro atoms. The van der Waals surface area contributed by atoms with E-state index in [1.807, 2.05) is 0 Å². The van der Waals surface area contributed by atoms with Gasteiger partial charge in [0.25, 0.3) is 0 Å². The largest absolute Gasteiger partial charge is 0.378 e. The summed E-state index contributed by atoms with van der Waals surface area (Å²) in [7, 11) is 0. The Morgan fingerprint density at radius 1 is 1.20 bits per heavy atom. The molecule has 1 saturated carbocycles. The smallest absolute Gasteiger partial charge is 0.149 e. The van der Waals surface area contributed by atoms with Crippen molar-refractivity contribution in [1.29, 1.82) is 5.26 Å². The Bertz CT molecular complexity index is 325. The third kappa shape index (κ3) is 2.66. The van der Waals surface area contributed by atoms with Gasteiger partial charge in [-0.25, -0.2) is 14.0 Å². The zero-order valence-electron chi connectivity index (χ0n) is 8.21. The van der Waals surface area contributed by atoms with Crippen LogP contribution in [0.2, 0.25) is 0 Å². The van der Waals surface area contributed by atoms with Gasteiger partial charge in [-0.1, -0.05) is 6.07 Å². The Morgan fingerprint density at radius 3 is 2.13 bits per heavy atom. The van der Waals surface area contributed by atoms with Gasteiger partial charge in [-0.3, -0.25) is 0 Å². The number of hydrogen-bond acceptors (Lipinski definition) is 2. The predicted molar refractivity (Wildman–Crippen MR) is 54.3 cm³/mol. The number of rotatable bonds is 2. The van der Waals surface area contributed by atoms with Crippen LogP contribution >= 0.6 is 0 Å². The topological polar surface area (TPSA) is 35.8 Å². The first-order valence-electron chi connectivity index (χ1n) is 4.74. The normalized spacial score (nSPS) is 14.7. The van der Waals surface area contributed by atoms with Gasteiger partial charge in [-0.05, 0) is 31.4 Å². The summed E-state index contributed by atoms with van der Waals surface area (Å²) >= 11 is 0. The van der Waals surface area contributed by atoms with Crippen molar-refractivity contribution in [2.75, 3.05) is 5.32 Å². The molecule has 4 heteroatoms. The predicted octanol–water partition coefficient (Wildman–Crippen LogP) is 3.07. The highest BCUT2D eigenvalue weighted by Crippen LogP contribution is 2.26. The second-order valence-electron chi connectivity index (χ2n) is 3.37. The highest BCUT2D eigenvalue weighted by atomic mass is 19.1. The Balaban J connectivity index is 0.000000531. The summed E-state index contributed by atoms with van der Waals surface area (Å²) in [6, 6.07) is 4.16. The van der Waals surface area contributed by atoms with Crippen molar-refractivity contribution < 1.29 is 8.78 Å². The van der Waals surface area contributed by atoms with Gasteiger partial charge in [0.2, 0.25) is 0 Å². The molecule has 0 heterocycles. The summed E-state index contributed by atoms with van der Waals surface area (Å²) in [5, 5.41) is 9.36. The molecule has 1 aromatic carbocycles. The lowest BCUT2D eigenvalue weighted by Gasteiger charge is -2.27. The number of halogens is 2. The van der Waals surface area contributed by atoms with Crippen LogP contribution in [0.5, 0.6) is 0 Å². The van der Waals surface area contributed by atoms with Crippen LogP contribution in [-0.2, 0) is 0 Å². The number of nitrogens with zero attached hydrogens (tertiary/aromatic N) is 1. The van der Waals surface area contributed by atoms with Gasteiger partial charge in [0.05, 0.1) is 0 Å². The summed E-state index contributed by atoms with van der Waals surface area (Å²) in [5.41, 5.74) is 0.0206. The second kappa shape index (κ2) is 5.30.